The Morgan fingerprint density at radius 1 is 0.862 bits per heavy atom. The smallest absolute Gasteiger partial charge is 0.252 e. The molecule has 150 valence electrons. The maximum absolute atomic E-state index is 14.1. The molecule has 1 unspecified atom stereocenters. The van der Waals surface area contributed by atoms with Crippen molar-refractivity contribution < 1.29 is 14.2 Å². The lowest BCUT2D eigenvalue weighted by atomic mass is 9.95. The summed E-state index contributed by atoms with van der Waals surface area (Å²) in [4.78, 5) is 0. The van der Waals surface area contributed by atoms with Crippen molar-refractivity contribution >= 4 is 7.37 Å². The first-order valence-corrected chi connectivity index (χ1v) is 11.8. The Morgan fingerprint density at radius 2 is 1.34 bits per heavy atom. The van der Waals surface area contributed by atoms with Crippen molar-refractivity contribution in [1.29, 1.82) is 0 Å². The van der Waals surface area contributed by atoms with Crippen LogP contribution in [0.3, 0.4) is 0 Å². The van der Waals surface area contributed by atoms with Gasteiger partial charge in [0.25, 0.3) is 7.37 Å². The molecule has 3 aromatic rings. The van der Waals surface area contributed by atoms with Crippen molar-refractivity contribution in [3.8, 4) is 0 Å². The van der Waals surface area contributed by atoms with Gasteiger partial charge in [0, 0.05) is 0 Å². The van der Waals surface area contributed by atoms with E-state index in [1.54, 1.807) is 0 Å². The number of hydrogen-bond donors (Lipinski definition) is 2. The minimum atomic E-state index is -3.47. The van der Waals surface area contributed by atoms with Crippen molar-refractivity contribution in [2.45, 2.75) is 37.1 Å². The Bertz CT molecular complexity index is 965. The summed E-state index contributed by atoms with van der Waals surface area (Å²) in [6.07, 6.45) is -0.106. The first-order valence-electron chi connectivity index (χ1n) is 10.00. The molecule has 1 aliphatic heterocycles. The summed E-state index contributed by atoms with van der Waals surface area (Å²) in [5, 5.41) is 14.4. The topological polar surface area (TPSA) is 58.6 Å². The molecule has 1 fully saturated rings. The predicted molar refractivity (Wildman–Crippen MR) is 116 cm³/mol. The molecule has 0 aromatic heterocycles. The molecule has 5 atom stereocenters. The Kier molecular flexibility index (Phi) is 5.98. The number of benzene rings is 3. The molecule has 4 rings (SSSR count). The molecule has 2 N–H and O–H groups in total. The van der Waals surface area contributed by atoms with Crippen LogP contribution in [0.4, 0.5) is 0 Å². The van der Waals surface area contributed by atoms with Gasteiger partial charge in [-0.05, 0) is 23.1 Å². The summed E-state index contributed by atoms with van der Waals surface area (Å²) in [7, 11) is -3.47. The summed E-state index contributed by atoms with van der Waals surface area (Å²) in [5.41, 5.74) is 2.85. The van der Waals surface area contributed by atoms with Gasteiger partial charge in [0.15, 0.2) is 0 Å². The summed E-state index contributed by atoms with van der Waals surface area (Å²) in [6, 6.07) is 29.3. The highest BCUT2D eigenvalue weighted by Crippen LogP contribution is 2.69. The minimum Gasteiger partial charge on any atom is -0.383 e. The largest absolute Gasteiger partial charge is 0.383 e. The van der Waals surface area contributed by atoms with Crippen molar-refractivity contribution in [1.82, 2.24) is 5.32 Å². The van der Waals surface area contributed by atoms with Gasteiger partial charge in [0.05, 0.1) is 6.04 Å². The molecule has 1 aliphatic rings. The zero-order valence-electron chi connectivity index (χ0n) is 16.4. The standard InChI is InChI=1S/C24H26NO3P/c1-2-21(26)29(27)24(20-16-10-5-11-17-20)25-22(18-12-6-3-7-13-18)23(28-29)19-14-8-4-9-15-19/h3-17,21-26H,2H2,1H3/t21-,22-,23+,24-,29?/m0/s1. The lowest BCUT2D eigenvalue weighted by molar-refractivity contribution is 0.0976. The van der Waals surface area contributed by atoms with E-state index < -0.39 is 25.1 Å². The molecule has 1 saturated heterocycles. The van der Waals surface area contributed by atoms with Crippen LogP contribution in [-0.4, -0.2) is 11.0 Å². The van der Waals surface area contributed by atoms with Crippen LogP contribution < -0.4 is 5.32 Å². The van der Waals surface area contributed by atoms with Crippen LogP contribution in [0.5, 0.6) is 0 Å². The van der Waals surface area contributed by atoms with Gasteiger partial charge in [-0.15, -0.1) is 0 Å². The van der Waals surface area contributed by atoms with Crippen LogP contribution in [0.1, 0.15) is 48.0 Å². The van der Waals surface area contributed by atoms with Crippen LogP contribution in [0, 0.1) is 0 Å². The van der Waals surface area contributed by atoms with Gasteiger partial charge in [0.1, 0.15) is 17.7 Å². The van der Waals surface area contributed by atoms with Gasteiger partial charge >= 0.3 is 0 Å². The highest BCUT2D eigenvalue weighted by molar-refractivity contribution is 7.59. The van der Waals surface area contributed by atoms with Gasteiger partial charge in [0.2, 0.25) is 0 Å². The SMILES string of the molecule is CC[C@@H](O)P1(=O)O[C@H](c2ccccc2)[C@H](c2ccccc2)N[C@@H]1c1ccccc1. The summed E-state index contributed by atoms with van der Waals surface area (Å²) in [6.45, 7) is 1.83. The van der Waals surface area contributed by atoms with E-state index in [9.17, 15) is 9.67 Å². The lowest BCUT2D eigenvalue weighted by Gasteiger charge is -2.44. The third-order valence-corrected chi connectivity index (χ3v) is 8.38. The molecular formula is C24H26NO3P. The molecule has 1 heterocycles. The van der Waals surface area contributed by atoms with Crippen LogP contribution in [-0.2, 0) is 9.09 Å². The van der Waals surface area contributed by atoms with E-state index in [2.05, 4.69) is 5.32 Å². The van der Waals surface area contributed by atoms with E-state index >= 15 is 0 Å². The molecular weight excluding hydrogens is 381 g/mol. The average molecular weight is 407 g/mol. The van der Waals surface area contributed by atoms with E-state index in [0.29, 0.717) is 6.42 Å². The van der Waals surface area contributed by atoms with Gasteiger partial charge in [-0.3, -0.25) is 9.88 Å². The van der Waals surface area contributed by atoms with Crippen molar-refractivity contribution in [3.63, 3.8) is 0 Å². The summed E-state index contributed by atoms with van der Waals surface area (Å²) < 4.78 is 20.5. The lowest BCUT2D eigenvalue weighted by Crippen LogP contribution is -2.39. The van der Waals surface area contributed by atoms with Gasteiger partial charge in [-0.2, -0.15) is 0 Å². The highest BCUT2D eigenvalue weighted by atomic mass is 31.2. The number of nitrogens with one attached hydrogen (secondary N) is 1. The Hall–Kier alpha value is -2.23. The predicted octanol–water partition coefficient (Wildman–Crippen LogP) is 5.79. The van der Waals surface area contributed by atoms with Crippen LogP contribution >= 0.6 is 7.37 Å². The van der Waals surface area contributed by atoms with E-state index in [0.717, 1.165) is 16.7 Å². The third-order valence-electron chi connectivity index (χ3n) is 5.46. The number of aliphatic hydroxyl groups excluding tert-OH is 1. The molecule has 29 heavy (non-hydrogen) atoms. The van der Waals surface area contributed by atoms with Crippen molar-refractivity contribution in [2.24, 2.45) is 0 Å². The summed E-state index contributed by atoms with van der Waals surface area (Å²) in [5.74, 6) is -1.62. The fourth-order valence-electron chi connectivity index (χ4n) is 3.92. The fraction of sp³-hybridized carbons (Fsp3) is 0.250. The molecule has 0 amide bonds. The first-order chi connectivity index (χ1) is 14.1. The third kappa shape index (κ3) is 3.94. The van der Waals surface area contributed by atoms with E-state index in [4.69, 9.17) is 4.52 Å². The first kappa shape index (κ1) is 20.1. The Labute approximate surface area is 172 Å². The van der Waals surface area contributed by atoms with E-state index in [1.807, 2.05) is 97.9 Å². The highest BCUT2D eigenvalue weighted by Gasteiger charge is 2.50. The maximum atomic E-state index is 14.1. The molecule has 3 aromatic carbocycles. The van der Waals surface area contributed by atoms with Crippen LogP contribution in [0.2, 0.25) is 0 Å². The molecule has 0 saturated carbocycles. The van der Waals surface area contributed by atoms with E-state index in [1.165, 1.54) is 0 Å². The van der Waals surface area contributed by atoms with Crippen LogP contribution in [0.15, 0.2) is 91.0 Å². The molecule has 4 nitrogen and oxygen atoms in total. The molecule has 0 spiro atoms. The van der Waals surface area contributed by atoms with E-state index in [-0.39, 0.29) is 6.04 Å². The van der Waals surface area contributed by atoms with Crippen molar-refractivity contribution in [2.75, 3.05) is 0 Å². The molecule has 0 radical (unpaired) electrons. The van der Waals surface area contributed by atoms with Gasteiger partial charge in [-0.1, -0.05) is 97.9 Å². The minimum absolute atomic E-state index is 0.199. The molecule has 0 aliphatic carbocycles. The Balaban J connectivity index is 1.83. The average Bonchev–Trinajstić information content (AvgIpc) is 2.80. The summed E-state index contributed by atoms with van der Waals surface area (Å²) >= 11 is 0. The molecule has 5 heteroatoms. The zero-order valence-corrected chi connectivity index (χ0v) is 17.3. The zero-order chi connectivity index (χ0) is 20.3. The van der Waals surface area contributed by atoms with Crippen LogP contribution in [0.25, 0.3) is 0 Å². The second kappa shape index (κ2) is 8.64. The second-order valence-corrected chi connectivity index (χ2v) is 9.95. The quantitative estimate of drug-likeness (QED) is 0.525. The number of hydrogen-bond acceptors (Lipinski definition) is 4. The van der Waals surface area contributed by atoms with Crippen molar-refractivity contribution in [3.05, 3.63) is 108 Å². The second-order valence-electron chi connectivity index (χ2n) is 7.34. The van der Waals surface area contributed by atoms with Gasteiger partial charge < -0.3 is 9.63 Å². The number of rotatable bonds is 5. The van der Waals surface area contributed by atoms with Gasteiger partial charge in [-0.25, -0.2) is 0 Å². The molecule has 0 bridgehead atoms. The maximum Gasteiger partial charge on any atom is 0.252 e. The normalized spacial score (nSPS) is 28.0. The Morgan fingerprint density at radius 3 is 1.86 bits per heavy atom. The fourth-order valence-corrected chi connectivity index (χ4v) is 6.59. The monoisotopic (exact) mass is 407 g/mol. The number of aliphatic hydroxyl groups is 1.